The molecule has 2 N–H and O–H groups in total. The van der Waals surface area contributed by atoms with Gasteiger partial charge in [0.25, 0.3) is 0 Å². The molecule has 0 saturated heterocycles. The fourth-order valence-corrected chi connectivity index (χ4v) is 2.69. The highest BCUT2D eigenvalue weighted by atomic mass is 35.5. The van der Waals surface area contributed by atoms with Crippen molar-refractivity contribution in [2.45, 2.75) is 19.8 Å². The van der Waals surface area contributed by atoms with Gasteiger partial charge in [0.05, 0.1) is 11.3 Å². The molecule has 0 radical (unpaired) electrons. The summed E-state index contributed by atoms with van der Waals surface area (Å²) in [4.78, 5) is 12.2. The molecule has 1 atom stereocenters. The lowest BCUT2D eigenvalue weighted by Gasteiger charge is -2.23. The predicted octanol–water partition coefficient (Wildman–Crippen LogP) is 3.29. The molecule has 2 rings (SSSR count). The van der Waals surface area contributed by atoms with Crippen molar-refractivity contribution >= 4 is 28.8 Å². The zero-order valence-corrected chi connectivity index (χ0v) is 11.8. The number of benzene rings is 1. The number of hydrogen-bond acceptors (Lipinski definition) is 3. The normalized spacial score (nSPS) is 22.4. The van der Waals surface area contributed by atoms with E-state index in [1.807, 2.05) is 25.1 Å². The number of carbonyl (C=O) groups is 1. The van der Waals surface area contributed by atoms with E-state index in [-0.39, 0.29) is 11.7 Å². The Balaban J connectivity index is 2.56. The first kappa shape index (κ1) is 13.8. The Morgan fingerprint density at radius 3 is 2.63 bits per heavy atom. The molecular weight excluding hydrogens is 260 g/mol. The summed E-state index contributed by atoms with van der Waals surface area (Å²) in [7, 11) is 1.75. The van der Waals surface area contributed by atoms with Crippen molar-refractivity contribution < 1.29 is 4.79 Å². The fraction of sp³-hybridized carbons (Fsp3) is 0.333. The van der Waals surface area contributed by atoms with Crippen LogP contribution in [0.5, 0.6) is 0 Å². The number of allylic oxidation sites excluding steroid dienone is 1. The number of carbonyl (C=O) groups excluding carboxylic acids is 1. The first-order valence-corrected chi connectivity index (χ1v) is 6.70. The van der Waals surface area contributed by atoms with E-state index in [0.717, 1.165) is 5.56 Å². The highest BCUT2D eigenvalue weighted by Gasteiger charge is 2.28. The van der Waals surface area contributed by atoms with E-state index in [2.05, 4.69) is 5.32 Å². The minimum atomic E-state index is 0.0213. The van der Waals surface area contributed by atoms with E-state index in [0.29, 0.717) is 34.8 Å². The van der Waals surface area contributed by atoms with Gasteiger partial charge in [-0.15, -0.1) is 0 Å². The van der Waals surface area contributed by atoms with Crippen LogP contribution in [0.1, 0.15) is 25.3 Å². The molecule has 1 fully saturated rings. The zero-order valence-electron chi connectivity index (χ0n) is 11.1. The summed E-state index contributed by atoms with van der Waals surface area (Å²) in [5.41, 5.74) is 2.31. The van der Waals surface area contributed by atoms with Crippen LogP contribution in [0, 0.1) is 11.3 Å². The summed E-state index contributed by atoms with van der Waals surface area (Å²) in [5.74, 6) is 0.265. The summed E-state index contributed by atoms with van der Waals surface area (Å²) < 4.78 is 0. The largest absolute Gasteiger partial charge is 0.387 e. The Morgan fingerprint density at radius 2 is 2.05 bits per heavy atom. The maximum absolute atomic E-state index is 12.2. The molecule has 4 heteroatoms. The minimum absolute atomic E-state index is 0.0213. The van der Waals surface area contributed by atoms with Gasteiger partial charge in [-0.1, -0.05) is 36.7 Å². The molecule has 100 valence electrons. The van der Waals surface area contributed by atoms with Crippen LogP contribution in [0.3, 0.4) is 0 Å². The number of rotatable bonds is 2. The third kappa shape index (κ3) is 2.71. The smallest absolute Gasteiger partial charge is 0.167 e. The molecule has 1 aromatic rings. The van der Waals surface area contributed by atoms with Gasteiger partial charge in [-0.3, -0.25) is 4.79 Å². The lowest BCUT2D eigenvalue weighted by Crippen LogP contribution is -2.27. The van der Waals surface area contributed by atoms with Gasteiger partial charge in [-0.05, 0) is 18.4 Å². The van der Waals surface area contributed by atoms with Crippen LogP contribution < -0.4 is 5.32 Å². The molecule has 19 heavy (non-hydrogen) atoms. The number of hydrogen-bond donors (Lipinski definition) is 2. The molecule has 1 aromatic carbocycles. The van der Waals surface area contributed by atoms with Gasteiger partial charge >= 0.3 is 0 Å². The number of nitrogens with one attached hydrogen (secondary N) is 2. The fourth-order valence-electron chi connectivity index (χ4n) is 2.46. The van der Waals surface area contributed by atoms with Gasteiger partial charge in [0.1, 0.15) is 0 Å². The second kappa shape index (κ2) is 5.57. The molecule has 0 heterocycles. The number of halogens is 1. The van der Waals surface area contributed by atoms with Crippen LogP contribution in [0.2, 0.25) is 5.02 Å². The predicted molar refractivity (Wildman–Crippen MR) is 78.6 cm³/mol. The molecular formula is C15H17ClN2O. The highest BCUT2D eigenvalue weighted by Crippen LogP contribution is 2.30. The minimum Gasteiger partial charge on any atom is -0.387 e. The van der Waals surface area contributed by atoms with Gasteiger partial charge in [0.2, 0.25) is 0 Å². The van der Waals surface area contributed by atoms with Crippen molar-refractivity contribution in [1.29, 1.82) is 5.41 Å². The van der Waals surface area contributed by atoms with E-state index >= 15 is 0 Å². The van der Waals surface area contributed by atoms with E-state index in [1.54, 1.807) is 13.1 Å². The van der Waals surface area contributed by atoms with Crippen molar-refractivity contribution in [3.05, 3.63) is 40.4 Å². The second-order valence-corrected chi connectivity index (χ2v) is 5.30. The number of Topliss-reactive ketones (excluding diaryl/α,β-unsaturated/α-hetero) is 1. The van der Waals surface area contributed by atoms with Crippen LogP contribution in [-0.2, 0) is 4.79 Å². The van der Waals surface area contributed by atoms with Crippen molar-refractivity contribution in [3.63, 3.8) is 0 Å². The van der Waals surface area contributed by atoms with E-state index in [1.165, 1.54) is 0 Å². The molecule has 0 bridgehead atoms. The average Bonchev–Trinajstić information content (AvgIpc) is 2.34. The van der Waals surface area contributed by atoms with Crippen molar-refractivity contribution in [2.24, 2.45) is 5.92 Å². The van der Waals surface area contributed by atoms with Gasteiger partial charge < -0.3 is 10.7 Å². The standard InChI is InChI=1S/C15H17ClN2O/c1-9-7-12(17)14(13(19)8-9)15(18-2)10-5-3-4-6-11(10)16/h3-6,9,17-18H,7-8H2,1-2H3/b15-14+,17-12?. The summed E-state index contributed by atoms with van der Waals surface area (Å²) >= 11 is 6.19. The highest BCUT2D eigenvalue weighted by molar-refractivity contribution is 6.34. The molecule has 0 aliphatic heterocycles. The van der Waals surface area contributed by atoms with Crippen LogP contribution in [0.25, 0.3) is 5.70 Å². The third-order valence-corrected chi connectivity index (χ3v) is 3.64. The zero-order chi connectivity index (χ0) is 14.0. The van der Waals surface area contributed by atoms with Crippen molar-refractivity contribution in [1.82, 2.24) is 5.32 Å². The van der Waals surface area contributed by atoms with Gasteiger partial charge in [0.15, 0.2) is 5.78 Å². The van der Waals surface area contributed by atoms with Gasteiger partial charge in [-0.2, -0.15) is 0 Å². The Labute approximate surface area is 118 Å². The summed E-state index contributed by atoms with van der Waals surface area (Å²) in [6.07, 6.45) is 1.13. The van der Waals surface area contributed by atoms with Gasteiger partial charge in [-0.25, -0.2) is 0 Å². The summed E-state index contributed by atoms with van der Waals surface area (Å²) in [6.45, 7) is 2.00. The molecule has 1 aliphatic carbocycles. The lowest BCUT2D eigenvalue weighted by molar-refractivity contribution is -0.116. The van der Waals surface area contributed by atoms with E-state index in [9.17, 15) is 4.79 Å². The quantitative estimate of drug-likeness (QED) is 0.815. The van der Waals surface area contributed by atoms with Crippen molar-refractivity contribution in [3.8, 4) is 0 Å². The molecule has 0 amide bonds. The Morgan fingerprint density at radius 1 is 1.37 bits per heavy atom. The SMILES string of the molecule is CN/C(=C1\C(=N)CC(C)CC1=O)c1ccccc1Cl. The van der Waals surface area contributed by atoms with Crippen LogP contribution in [0.4, 0.5) is 0 Å². The van der Waals surface area contributed by atoms with Crippen LogP contribution in [0.15, 0.2) is 29.8 Å². The van der Waals surface area contributed by atoms with E-state index in [4.69, 9.17) is 17.0 Å². The third-order valence-electron chi connectivity index (χ3n) is 3.31. The lowest BCUT2D eigenvalue weighted by atomic mass is 9.82. The molecule has 0 aromatic heterocycles. The van der Waals surface area contributed by atoms with Crippen LogP contribution >= 0.6 is 11.6 Å². The first-order chi connectivity index (χ1) is 9.04. The summed E-state index contributed by atoms with van der Waals surface area (Å²) in [5, 5.41) is 11.7. The average molecular weight is 277 g/mol. The van der Waals surface area contributed by atoms with Gasteiger partial charge in [0, 0.05) is 29.8 Å². The second-order valence-electron chi connectivity index (χ2n) is 4.89. The van der Waals surface area contributed by atoms with Crippen molar-refractivity contribution in [2.75, 3.05) is 7.05 Å². The number of ketones is 1. The van der Waals surface area contributed by atoms with E-state index < -0.39 is 0 Å². The molecule has 0 spiro atoms. The monoisotopic (exact) mass is 276 g/mol. The molecule has 3 nitrogen and oxygen atoms in total. The molecule has 1 unspecified atom stereocenters. The maximum atomic E-state index is 12.2. The Kier molecular flexibility index (Phi) is 4.05. The Hall–Kier alpha value is -1.61. The van der Waals surface area contributed by atoms with Crippen LogP contribution in [-0.4, -0.2) is 18.5 Å². The molecule has 1 aliphatic rings. The maximum Gasteiger partial charge on any atom is 0.167 e. The topological polar surface area (TPSA) is 53.0 Å². The summed E-state index contributed by atoms with van der Waals surface area (Å²) in [6, 6.07) is 7.37. The first-order valence-electron chi connectivity index (χ1n) is 6.32. The Bertz CT molecular complexity index is 543. The molecule has 1 saturated carbocycles.